The van der Waals surface area contributed by atoms with E-state index in [1.54, 1.807) is 0 Å². The van der Waals surface area contributed by atoms with E-state index in [0.717, 1.165) is 6.08 Å². The number of rotatable bonds is 2. The molecular weight excluding hydrogens is 118 g/mol. The van der Waals surface area contributed by atoms with Crippen molar-refractivity contribution in [3.63, 3.8) is 0 Å². The van der Waals surface area contributed by atoms with Crippen molar-refractivity contribution in [3.05, 3.63) is 35.2 Å². The lowest BCUT2D eigenvalue weighted by Crippen LogP contribution is -1.80. The van der Waals surface area contributed by atoms with Crippen molar-refractivity contribution in [1.29, 1.82) is 0 Å². The summed E-state index contributed by atoms with van der Waals surface area (Å²) in [6, 6.07) is 0. The first-order valence-electron chi connectivity index (χ1n) is 2.19. The summed E-state index contributed by atoms with van der Waals surface area (Å²) in [6.45, 7) is 3.32. The summed E-state index contributed by atoms with van der Waals surface area (Å²) in [4.78, 5) is 12.5. The fraction of sp³-hybridized carbons (Fsp3) is 0. The molecule has 0 aromatic heterocycles. The van der Waals surface area contributed by atoms with Crippen LogP contribution in [0.1, 0.15) is 0 Å². The predicted octanol–water partition coefficient (Wildman–Crippen LogP) is 1.57. The van der Waals surface area contributed by atoms with Crippen LogP contribution in [0.25, 0.3) is 10.4 Å². The third-order valence-corrected chi connectivity index (χ3v) is 0.518. The lowest BCUT2D eigenvalue weighted by atomic mass is 10.5. The zero-order chi connectivity index (χ0) is 7.11. The van der Waals surface area contributed by atoms with Gasteiger partial charge in [0.1, 0.15) is 0 Å². The second-order valence-electron chi connectivity index (χ2n) is 1.12. The average molecular weight is 123 g/mol. The van der Waals surface area contributed by atoms with Crippen LogP contribution in [0.2, 0.25) is 0 Å². The summed E-state index contributed by atoms with van der Waals surface area (Å²) in [5, 5.41) is 2.77. The monoisotopic (exact) mass is 123 g/mol. The normalized spacial score (nSPS) is 8.44. The van der Waals surface area contributed by atoms with Crippen molar-refractivity contribution in [2.75, 3.05) is 0 Å². The standard InChI is InChI=1S/C5H5N3O/c1-2-3-4-5(9)7-8-6/h2-4H,1H2. The fourth-order valence-corrected chi connectivity index (χ4v) is 0.228. The van der Waals surface area contributed by atoms with E-state index in [0.29, 0.717) is 0 Å². The van der Waals surface area contributed by atoms with Gasteiger partial charge in [-0.3, -0.25) is 4.79 Å². The number of hydrogen-bond acceptors (Lipinski definition) is 1. The van der Waals surface area contributed by atoms with Crippen molar-refractivity contribution in [2.24, 2.45) is 5.11 Å². The summed E-state index contributed by atoms with van der Waals surface area (Å²) in [7, 11) is 0. The molecule has 0 saturated heterocycles. The smallest absolute Gasteiger partial charge is 0.241 e. The molecule has 0 spiro atoms. The molecule has 0 aliphatic heterocycles. The molecule has 0 unspecified atom stereocenters. The van der Waals surface area contributed by atoms with Crippen LogP contribution in [0.15, 0.2) is 29.9 Å². The third-order valence-electron chi connectivity index (χ3n) is 0.518. The summed E-state index contributed by atoms with van der Waals surface area (Å²) >= 11 is 0. The van der Waals surface area contributed by atoms with Gasteiger partial charge in [-0.2, -0.15) is 0 Å². The molecule has 0 heterocycles. The Bertz CT molecular complexity index is 188. The molecule has 0 aliphatic carbocycles. The Morgan fingerprint density at radius 3 is 2.89 bits per heavy atom. The van der Waals surface area contributed by atoms with Gasteiger partial charge in [0.2, 0.25) is 5.91 Å². The number of carbonyl (C=O) groups is 1. The summed E-state index contributed by atoms with van der Waals surface area (Å²) < 4.78 is 0. The highest BCUT2D eigenvalue weighted by Gasteiger charge is 1.83. The molecule has 9 heavy (non-hydrogen) atoms. The maximum atomic E-state index is 10.2. The van der Waals surface area contributed by atoms with E-state index in [1.165, 1.54) is 12.2 Å². The van der Waals surface area contributed by atoms with Crippen LogP contribution < -0.4 is 0 Å². The first kappa shape index (κ1) is 7.46. The number of azide groups is 1. The van der Waals surface area contributed by atoms with Crippen LogP contribution in [-0.4, -0.2) is 5.91 Å². The molecule has 0 N–H and O–H groups in total. The van der Waals surface area contributed by atoms with Gasteiger partial charge in [-0.25, -0.2) is 0 Å². The van der Waals surface area contributed by atoms with E-state index < -0.39 is 5.91 Å². The summed E-state index contributed by atoms with van der Waals surface area (Å²) in [5.74, 6) is -0.614. The average Bonchev–Trinajstić information content (AvgIpc) is 1.85. The SMILES string of the molecule is C=CC=CC(=O)N=[N+]=[N-]. The Balaban J connectivity index is 3.91. The molecule has 0 bridgehead atoms. The van der Waals surface area contributed by atoms with Crippen molar-refractivity contribution >= 4 is 5.91 Å². The summed E-state index contributed by atoms with van der Waals surface area (Å²) in [5.41, 5.74) is 7.71. The van der Waals surface area contributed by atoms with Gasteiger partial charge in [-0.15, -0.1) is 0 Å². The minimum absolute atomic E-state index is 0.614. The Kier molecular flexibility index (Phi) is 3.83. The van der Waals surface area contributed by atoms with Crippen molar-refractivity contribution in [3.8, 4) is 0 Å². The molecule has 0 atom stereocenters. The largest absolute Gasteiger partial charge is 0.288 e. The predicted molar refractivity (Wildman–Crippen MR) is 33.5 cm³/mol. The quantitative estimate of drug-likeness (QED) is 0.180. The minimum Gasteiger partial charge on any atom is -0.288 e. The van der Waals surface area contributed by atoms with Gasteiger partial charge in [0.15, 0.2) is 0 Å². The van der Waals surface area contributed by atoms with Gasteiger partial charge in [0.05, 0.1) is 0 Å². The van der Waals surface area contributed by atoms with Crippen LogP contribution in [0, 0.1) is 0 Å². The van der Waals surface area contributed by atoms with E-state index in [1.807, 2.05) is 0 Å². The van der Waals surface area contributed by atoms with Crippen LogP contribution in [0.5, 0.6) is 0 Å². The van der Waals surface area contributed by atoms with E-state index in [9.17, 15) is 4.79 Å². The van der Waals surface area contributed by atoms with Gasteiger partial charge >= 0.3 is 0 Å². The van der Waals surface area contributed by atoms with Gasteiger partial charge in [0.25, 0.3) is 0 Å². The maximum Gasteiger partial charge on any atom is 0.241 e. The molecule has 0 rings (SSSR count). The molecular formula is C5H5N3O. The Hall–Kier alpha value is -1.54. The van der Waals surface area contributed by atoms with Gasteiger partial charge < -0.3 is 0 Å². The highest BCUT2D eigenvalue weighted by atomic mass is 16.1. The molecule has 0 saturated carbocycles. The molecule has 0 radical (unpaired) electrons. The van der Waals surface area contributed by atoms with E-state index in [-0.39, 0.29) is 0 Å². The minimum atomic E-state index is -0.614. The molecule has 0 aromatic rings. The molecule has 0 aliphatic rings. The molecule has 0 aromatic carbocycles. The van der Waals surface area contributed by atoms with E-state index in [4.69, 9.17) is 5.53 Å². The van der Waals surface area contributed by atoms with Crippen LogP contribution in [0.3, 0.4) is 0 Å². The number of hydrogen-bond donors (Lipinski definition) is 0. The number of nitrogens with zero attached hydrogens (tertiary/aromatic N) is 3. The second kappa shape index (κ2) is 4.61. The molecule has 1 amide bonds. The Morgan fingerprint density at radius 2 is 2.44 bits per heavy atom. The molecule has 4 heteroatoms. The van der Waals surface area contributed by atoms with Crippen molar-refractivity contribution in [1.82, 2.24) is 0 Å². The molecule has 4 nitrogen and oxygen atoms in total. The van der Waals surface area contributed by atoms with Gasteiger partial charge in [-0.05, 0) is 16.7 Å². The second-order valence-corrected chi connectivity index (χ2v) is 1.12. The van der Waals surface area contributed by atoms with E-state index >= 15 is 0 Å². The number of allylic oxidation sites excluding steroid dienone is 2. The Labute approximate surface area is 52.1 Å². The van der Waals surface area contributed by atoms with E-state index in [2.05, 4.69) is 16.6 Å². The Morgan fingerprint density at radius 1 is 1.78 bits per heavy atom. The fourth-order valence-electron chi connectivity index (χ4n) is 0.228. The van der Waals surface area contributed by atoms with Gasteiger partial charge in [-0.1, -0.05) is 18.7 Å². The van der Waals surface area contributed by atoms with Crippen LogP contribution in [-0.2, 0) is 4.79 Å². The lowest BCUT2D eigenvalue weighted by Gasteiger charge is -1.71. The molecule has 46 valence electrons. The highest BCUT2D eigenvalue weighted by molar-refractivity contribution is 5.88. The van der Waals surface area contributed by atoms with Crippen LogP contribution in [0.4, 0.5) is 0 Å². The number of amides is 1. The van der Waals surface area contributed by atoms with Crippen molar-refractivity contribution < 1.29 is 4.79 Å². The summed E-state index contributed by atoms with van der Waals surface area (Å²) in [6.07, 6.45) is 3.95. The topological polar surface area (TPSA) is 65.8 Å². The first-order valence-corrected chi connectivity index (χ1v) is 2.19. The van der Waals surface area contributed by atoms with Crippen LogP contribution >= 0.6 is 0 Å². The zero-order valence-electron chi connectivity index (χ0n) is 4.69. The number of carbonyl (C=O) groups excluding carboxylic acids is 1. The highest BCUT2D eigenvalue weighted by Crippen LogP contribution is 1.79. The third kappa shape index (κ3) is 4.31. The van der Waals surface area contributed by atoms with Gasteiger partial charge in [0, 0.05) is 4.91 Å². The molecule has 0 fully saturated rings. The van der Waals surface area contributed by atoms with Crippen molar-refractivity contribution in [2.45, 2.75) is 0 Å². The zero-order valence-corrected chi connectivity index (χ0v) is 4.69. The first-order chi connectivity index (χ1) is 4.31. The lowest BCUT2D eigenvalue weighted by molar-refractivity contribution is -0.113. The maximum absolute atomic E-state index is 10.2.